The fourth-order valence-electron chi connectivity index (χ4n) is 2.15. The van der Waals surface area contributed by atoms with E-state index >= 15 is 0 Å². The summed E-state index contributed by atoms with van der Waals surface area (Å²) in [6.45, 7) is 2.52. The van der Waals surface area contributed by atoms with Crippen LogP contribution < -0.4 is 4.74 Å². The molecule has 0 atom stereocenters. The van der Waals surface area contributed by atoms with Crippen LogP contribution >= 0.6 is 0 Å². The number of nitro benzene ring substituents is 1. The van der Waals surface area contributed by atoms with Crippen molar-refractivity contribution in [2.75, 3.05) is 6.61 Å². The van der Waals surface area contributed by atoms with Gasteiger partial charge in [0.05, 0.1) is 22.6 Å². The molecule has 3 rings (SSSR count). The lowest BCUT2D eigenvalue weighted by Gasteiger charge is -2.03. The van der Waals surface area contributed by atoms with E-state index in [1.165, 1.54) is 12.1 Å². The van der Waals surface area contributed by atoms with E-state index in [2.05, 4.69) is 9.97 Å². The highest BCUT2D eigenvalue weighted by molar-refractivity contribution is 5.81. The van der Waals surface area contributed by atoms with Crippen LogP contribution in [0.2, 0.25) is 0 Å². The number of ether oxygens (including phenoxy) is 1. The molecule has 0 saturated heterocycles. The van der Waals surface area contributed by atoms with Crippen molar-refractivity contribution in [1.82, 2.24) is 9.97 Å². The second kappa shape index (κ2) is 5.24. The average Bonchev–Trinajstić information content (AvgIpc) is 2.91. The maximum atomic E-state index is 10.8. The molecular formula is C15H13N3O3. The minimum Gasteiger partial charge on any atom is -0.494 e. The number of fused-ring (bicyclic) bond motifs is 1. The SMILES string of the molecule is CCOc1cccc(-c2nc3ccc([N+](=O)[O-])cc3[nH]2)c1. The first kappa shape index (κ1) is 13.1. The molecule has 3 aromatic rings. The lowest BCUT2D eigenvalue weighted by molar-refractivity contribution is -0.384. The predicted octanol–water partition coefficient (Wildman–Crippen LogP) is 3.54. The molecular weight excluding hydrogens is 270 g/mol. The number of aromatic nitrogens is 2. The molecule has 106 valence electrons. The number of nitrogens with one attached hydrogen (secondary N) is 1. The molecule has 0 radical (unpaired) electrons. The molecule has 0 bridgehead atoms. The molecule has 2 aromatic carbocycles. The van der Waals surface area contributed by atoms with Crippen molar-refractivity contribution in [2.45, 2.75) is 6.92 Å². The van der Waals surface area contributed by atoms with Gasteiger partial charge in [-0.05, 0) is 25.1 Å². The molecule has 0 aliphatic heterocycles. The third-order valence-electron chi connectivity index (χ3n) is 3.09. The molecule has 0 spiro atoms. The number of benzene rings is 2. The first-order valence-electron chi connectivity index (χ1n) is 6.55. The minimum atomic E-state index is -0.421. The molecule has 0 aliphatic carbocycles. The highest BCUT2D eigenvalue weighted by Crippen LogP contribution is 2.26. The van der Waals surface area contributed by atoms with Gasteiger partial charge >= 0.3 is 0 Å². The highest BCUT2D eigenvalue weighted by atomic mass is 16.6. The van der Waals surface area contributed by atoms with Crippen LogP contribution in [0.4, 0.5) is 5.69 Å². The standard InChI is InChI=1S/C15H13N3O3/c1-2-21-12-5-3-4-10(8-12)15-16-13-7-6-11(18(19)20)9-14(13)17-15/h3-9H,2H2,1H3,(H,16,17). The van der Waals surface area contributed by atoms with Gasteiger partial charge in [-0.25, -0.2) is 4.98 Å². The van der Waals surface area contributed by atoms with E-state index in [1.54, 1.807) is 6.07 Å². The molecule has 1 N–H and O–H groups in total. The number of nitrogens with zero attached hydrogens (tertiary/aromatic N) is 2. The molecule has 1 aromatic heterocycles. The second-order valence-electron chi connectivity index (χ2n) is 4.50. The zero-order valence-electron chi connectivity index (χ0n) is 11.4. The Morgan fingerprint density at radius 3 is 2.90 bits per heavy atom. The van der Waals surface area contributed by atoms with E-state index < -0.39 is 4.92 Å². The monoisotopic (exact) mass is 283 g/mol. The third-order valence-corrected chi connectivity index (χ3v) is 3.09. The minimum absolute atomic E-state index is 0.0424. The van der Waals surface area contributed by atoms with Crippen LogP contribution in [0.1, 0.15) is 6.92 Å². The normalized spacial score (nSPS) is 10.7. The zero-order valence-corrected chi connectivity index (χ0v) is 11.4. The second-order valence-corrected chi connectivity index (χ2v) is 4.50. The van der Waals surface area contributed by atoms with Gasteiger partial charge in [0.2, 0.25) is 0 Å². The van der Waals surface area contributed by atoms with E-state index in [9.17, 15) is 10.1 Å². The maximum absolute atomic E-state index is 10.8. The van der Waals surface area contributed by atoms with Gasteiger partial charge in [0.1, 0.15) is 11.6 Å². The van der Waals surface area contributed by atoms with Gasteiger partial charge < -0.3 is 9.72 Å². The van der Waals surface area contributed by atoms with Crippen molar-refractivity contribution < 1.29 is 9.66 Å². The van der Waals surface area contributed by atoms with E-state index in [1.807, 2.05) is 31.2 Å². The Balaban J connectivity index is 2.04. The third kappa shape index (κ3) is 2.55. The van der Waals surface area contributed by atoms with Crippen LogP contribution in [-0.2, 0) is 0 Å². The van der Waals surface area contributed by atoms with Crippen LogP contribution in [0.25, 0.3) is 22.4 Å². The topological polar surface area (TPSA) is 81.1 Å². The van der Waals surface area contributed by atoms with E-state index in [0.717, 1.165) is 11.3 Å². The van der Waals surface area contributed by atoms with Crippen molar-refractivity contribution in [3.8, 4) is 17.1 Å². The van der Waals surface area contributed by atoms with Crippen LogP contribution in [0.3, 0.4) is 0 Å². The maximum Gasteiger partial charge on any atom is 0.271 e. The first-order chi connectivity index (χ1) is 10.2. The van der Waals surface area contributed by atoms with Crippen LogP contribution in [-0.4, -0.2) is 21.5 Å². The summed E-state index contributed by atoms with van der Waals surface area (Å²) in [5.74, 6) is 1.42. The average molecular weight is 283 g/mol. The summed E-state index contributed by atoms with van der Waals surface area (Å²) >= 11 is 0. The predicted molar refractivity (Wildman–Crippen MR) is 79.4 cm³/mol. The molecule has 0 saturated carbocycles. The van der Waals surface area contributed by atoms with Crippen LogP contribution in [0, 0.1) is 10.1 Å². The lowest BCUT2D eigenvalue weighted by atomic mass is 10.2. The largest absolute Gasteiger partial charge is 0.494 e. The molecule has 21 heavy (non-hydrogen) atoms. The smallest absolute Gasteiger partial charge is 0.271 e. The fraction of sp³-hybridized carbons (Fsp3) is 0.133. The van der Waals surface area contributed by atoms with Crippen LogP contribution in [0.5, 0.6) is 5.75 Å². The summed E-state index contributed by atoms with van der Waals surface area (Å²) in [6, 6.07) is 12.1. The van der Waals surface area contributed by atoms with Crippen LogP contribution in [0.15, 0.2) is 42.5 Å². The molecule has 0 unspecified atom stereocenters. The number of hydrogen-bond acceptors (Lipinski definition) is 4. The number of imidazole rings is 1. The van der Waals surface area contributed by atoms with E-state index in [4.69, 9.17) is 4.74 Å². The van der Waals surface area contributed by atoms with E-state index in [-0.39, 0.29) is 5.69 Å². The molecule has 6 nitrogen and oxygen atoms in total. The summed E-state index contributed by atoms with van der Waals surface area (Å²) < 4.78 is 5.46. The van der Waals surface area contributed by atoms with Gasteiger partial charge in [0, 0.05) is 17.7 Å². The molecule has 1 heterocycles. The lowest BCUT2D eigenvalue weighted by Crippen LogP contribution is -1.91. The Kier molecular flexibility index (Phi) is 3.27. The van der Waals surface area contributed by atoms with Gasteiger partial charge in [0.25, 0.3) is 5.69 Å². The Hall–Kier alpha value is -2.89. The first-order valence-corrected chi connectivity index (χ1v) is 6.55. The summed E-state index contributed by atoms with van der Waals surface area (Å²) in [5.41, 5.74) is 2.25. The number of H-pyrrole nitrogens is 1. The number of non-ortho nitro benzene ring substituents is 1. The highest BCUT2D eigenvalue weighted by Gasteiger charge is 2.11. The molecule has 0 aliphatic rings. The van der Waals surface area contributed by atoms with Crippen molar-refractivity contribution in [2.24, 2.45) is 0 Å². The summed E-state index contributed by atoms with van der Waals surface area (Å²) in [4.78, 5) is 17.9. The fourth-order valence-corrected chi connectivity index (χ4v) is 2.15. The van der Waals surface area contributed by atoms with Crippen molar-refractivity contribution in [3.63, 3.8) is 0 Å². The summed E-state index contributed by atoms with van der Waals surface area (Å²) in [6.07, 6.45) is 0. The molecule has 0 amide bonds. The van der Waals surface area contributed by atoms with Gasteiger partial charge in [-0.3, -0.25) is 10.1 Å². The van der Waals surface area contributed by atoms with Crippen molar-refractivity contribution in [3.05, 3.63) is 52.6 Å². The number of aromatic amines is 1. The number of hydrogen-bond donors (Lipinski definition) is 1. The zero-order chi connectivity index (χ0) is 14.8. The van der Waals surface area contributed by atoms with E-state index in [0.29, 0.717) is 23.5 Å². The Bertz CT molecular complexity index is 811. The van der Waals surface area contributed by atoms with Crippen molar-refractivity contribution in [1.29, 1.82) is 0 Å². The number of rotatable bonds is 4. The van der Waals surface area contributed by atoms with Gasteiger partial charge in [-0.2, -0.15) is 0 Å². The Labute approximate surface area is 120 Å². The number of nitro groups is 1. The summed E-state index contributed by atoms with van der Waals surface area (Å²) in [5, 5.41) is 10.8. The van der Waals surface area contributed by atoms with Crippen molar-refractivity contribution >= 4 is 16.7 Å². The Morgan fingerprint density at radius 1 is 1.29 bits per heavy atom. The van der Waals surface area contributed by atoms with Gasteiger partial charge in [0.15, 0.2) is 0 Å². The van der Waals surface area contributed by atoms with Gasteiger partial charge in [-0.15, -0.1) is 0 Å². The molecule has 0 fully saturated rings. The quantitative estimate of drug-likeness (QED) is 0.586. The Morgan fingerprint density at radius 2 is 2.14 bits per heavy atom. The summed E-state index contributed by atoms with van der Waals surface area (Å²) in [7, 11) is 0. The van der Waals surface area contributed by atoms with Gasteiger partial charge in [-0.1, -0.05) is 12.1 Å². The molecule has 6 heteroatoms.